The van der Waals surface area contributed by atoms with Gasteiger partial charge in [0.25, 0.3) is 0 Å². The van der Waals surface area contributed by atoms with Crippen molar-refractivity contribution in [2.75, 3.05) is 26.9 Å². The lowest BCUT2D eigenvalue weighted by atomic mass is 9.71. The molecule has 0 amide bonds. The molecule has 1 fully saturated rings. The van der Waals surface area contributed by atoms with Crippen LogP contribution in [0.5, 0.6) is 0 Å². The van der Waals surface area contributed by atoms with Crippen molar-refractivity contribution in [2.45, 2.75) is 39.0 Å². The Morgan fingerprint density at radius 3 is 2.53 bits per heavy atom. The second kappa shape index (κ2) is 6.29. The highest BCUT2D eigenvalue weighted by molar-refractivity contribution is 5.02. The highest BCUT2D eigenvalue weighted by atomic mass is 16.5. The first kappa shape index (κ1) is 12.7. The van der Waals surface area contributed by atoms with E-state index in [9.17, 15) is 0 Å². The van der Waals surface area contributed by atoms with E-state index in [-0.39, 0.29) is 0 Å². The average Bonchev–Trinajstić information content (AvgIpc) is 2.27. The van der Waals surface area contributed by atoms with Gasteiger partial charge in [-0.1, -0.05) is 12.2 Å². The summed E-state index contributed by atoms with van der Waals surface area (Å²) in [5, 5.41) is 0. The summed E-state index contributed by atoms with van der Waals surface area (Å²) in [6, 6.07) is 0. The minimum absolute atomic E-state index is 0.354. The summed E-state index contributed by atoms with van der Waals surface area (Å²) >= 11 is 0. The average molecular weight is 212 g/mol. The molecule has 1 saturated carbocycles. The van der Waals surface area contributed by atoms with E-state index in [0.29, 0.717) is 5.41 Å². The van der Waals surface area contributed by atoms with E-state index >= 15 is 0 Å². The number of hydrogen-bond acceptors (Lipinski definition) is 2. The summed E-state index contributed by atoms with van der Waals surface area (Å²) in [6.45, 7) is 8.68. The molecule has 0 aromatic heterocycles. The number of ether oxygens (including phenoxy) is 2. The van der Waals surface area contributed by atoms with E-state index in [4.69, 9.17) is 9.47 Å². The molecule has 0 bridgehead atoms. The van der Waals surface area contributed by atoms with Gasteiger partial charge in [-0.25, -0.2) is 0 Å². The van der Waals surface area contributed by atoms with E-state index in [1.54, 1.807) is 7.11 Å². The third-order valence-electron chi connectivity index (χ3n) is 3.47. The Bertz CT molecular complexity index is 179. The topological polar surface area (TPSA) is 18.5 Å². The third kappa shape index (κ3) is 3.96. The van der Waals surface area contributed by atoms with Crippen LogP contribution in [0.1, 0.15) is 39.0 Å². The van der Waals surface area contributed by atoms with Crippen molar-refractivity contribution in [1.29, 1.82) is 0 Å². The van der Waals surface area contributed by atoms with Crippen LogP contribution in [0.25, 0.3) is 0 Å². The summed E-state index contributed by atoms with van der Waals surface area (Å²) in [4.78, 5) is 0. The summed E-state index contributed by atoms with van der Waals surface area (Å²) < 4.78 is 10.8. The van der Waals surface area contributed by atoms with Gasteiger partial charge in [-0.05, 0) is 44.4 Å². The van der Waals surface area contributed by atoms with Gasteiger partial charge in [-0.15, -0.1) is 0 Å². The molecule has 0 N–H and O–H groups in total. The maximum Gasteiger partial charge on any atom is 0.0523 e. The smallest absolute Gasteiger partial charge is 0.0523 e. The van der Waals surface area contributed by atoms with Crippen LogP contribution in [0, 0.1) is 5.41 Å². The van der Waals surface area contributed by atoms with E-state index in [2.05, 4.69) is 13.5 Å². The Hall–Kier alpha value is -0.340. The first-order chi connectivity index (χ1) is 7.22. The zero-order valence-corrected chi connectivity index (χ0v) is 10.2. The first-order valence-electron chi connectivity index (χ1n) is 5.96. The van der Waals surface area contributed by atoms with Crippen molar-refractivity contribution in [3.8, 4) is 0 Å². The summed E-state index contributed by atoms with van der Waals surface area (Å²) in [6.07, 6.45) is 5.88. The Morgan fingerprint density at radius 1 is 1.33 bits per heavy atom. The van der Waals surface area contributed by atoms with Gasteiger partial charge in [0.15, 0.2) is 0 Å². The van der Waals surface area contributed by atoms with Crippen LogP contribution < -0.4 is 0 Å². The lowest BCUT2D eigenvalue weighted by molar-refractivity contribution is 0.0108. The molecule has 0 radical (unpaired) electrons. The van der Waals surface area contributed by atoms with E-state index < -0.39 is 0 Å². The van der Waals surface area contributed by atoms with Gasteiger partial charge < -0.3 is 9.47 Å². The van der Waals surface area contributed by atoms with E-state index in [0.717, 1.165) is 39.1 Å². The van der Waals surface area contributed by atoms with Gasteiger partial charge in [-0.2, -0.15) is 0 Å². The minimum Gasteiger partial charge on any atom is -0.385 e. The van der Waals surface area contributed by atoms with Gasteiger partial charge in [0.05, 0.1) is 6.61 Å². The Kier molecular flexibility index (Phi) is 5.34. The second-order valence-corrected chi connectivity index (χ2v) is 4.63. The van der Waals surface area contributed by atoms with Gasteiger partial charge in [0.1, 0.15) is 0 Å². The molecular weight excluding hydrogens is 188 g/mol. The molecule has 1 aliphatic carbocycles. The van der Waals surface area contributed by atoms with Crippen molar-refractivity contribution in [3.63, 3.8) is 0 Å². The molecule has 0 spiro atoms. The normalized spacial score (nSPS) is 20.5. The number of hydrogen-bond donors (Lipinski definition) is 0. The molecule has 2 heteroatoms. The van der Waals surface area contributed by atoms with Crippen LogP contribution in [0.4, 0.5) is 0 Å². The molecule has 1 aliphatic rings. The van der Waals surface area contributed by atoms with Crippen LogP contribution in [-0.2, 0) is 9.47 Å². The zero-order valence-electron chi connectivity index (χ0n) is 10.2. The summed E-state index contributed by atoms with van der Waals surface area (Å²) in [5.41, 5.74) is 1.76. The molecule has 2 nitrogen and oxygen atoms in total. The Balaban J connectivity index is 2.47. The fraction of sp³-hybridized carbons (Fsp3) is 0.846. The maximum absolute atomic E-state index is 5.62. The molecule has 0 aromatic rings. The van der Waals surface area contributed by atoms with Crippen LogP contribution in [0.15, 0.2) is 12.2 Å². The first-order valence-corrected chi connectivity index (χ1v) is 5.96. The van der Waals surface area contributed by atoms with Gasteiger partial charge >= 0.3 is 0 Å². The largest absolute Gasteiger partial charge is 0.385 e. The highest BCUT2D eigenvalue weighted by Crippen LogP contribution is 2.41. The maximum atomic E-state index is 5.62. The van der Waals surface area contributed by atoms with Crippen LogP contribution >= 0.6 is 0 Å². The summed E-state index contributed by atoms with van der Waals surface area (Å²) in [7, 11) is 1.77. The van der Waals surface area contributed by atoms with Crippen molar-refractivity contribution < 1.29 is 9.47 Å². The predicted molar refractivity (Wildman–Crippen MR) is 63.0 cm³/mol. The molecule has 0 atom stereocenters. The fourth-order valence-corrected chi connectivity index (χ4v) is 2.24. The Labute approximate surface area is 93.7 Å². The third-order valence-corrected chi connectivity index (χ3v) is 3.47. The highest BCUT2D eigenvalue weighted by Gasteiger charge is 2.32. The number of methoxy groups -OCH3 is 1. The van der Waals surface area contributed by atoms with E-state index in [1.165, 1.54) is 18.4 Å². The van der Waals surface area contributed by atoms with Gasteiger partial charge in [0, 0.05) is 20.3 Å². The molecule has 0 unspecified atom stereocenters. The van der Waals surface area contributed by atoms with Crippen LogP contribution in [-0.4, -0.2) is 26.9 Å². The van der Waals surface area contributed by atoms with Crippen molar-refractivity contribution in [2.24, 2.45) is 5.41 Å². The molecular formula is C13H24O2. The number of rotatable bonds is 6. The minimum atomic E-state index is 0.354. The van der Waals surface area contributed by atoms with Crippen LogP contribution in [0.3, 0.4) is 0 Å². The molecule has 0 saturated heterocycles. The van der Waals surface area contributed by atoms with Crippen LogP contribution in [0.2, 0.25) is 0 Å². The second-order valence-electron chi connectivity index (χ2n) is 4.63. The predicted octanol–water partition coefficient (Wildman–Crippen LogP) is 3.18. The molecule has 1 rings (SSSR count). The van der Waals surface area contributed by atoms with Gasteiger partial charge in [-0.3, -0.25) is 0 Å². The van der Waals surface area contributed by atoms with E-state index in [1.807, 2.05) is 0 Å². The van der Waals surface area contributed by atoms with Gasteiger partial charge in [0.2, 0.25) is 0 Å². The lowest BCUT2D eigenvalue weighted by Crippen LogP contribution is -2.31. The SMILES string of the molecule is C=C1CCC(CCOC)(COCC)CC1. The van der Waals surface area contributed by atoms with Crippen molar-refractivity contribution in [1.82, 2.24) is 0 Å². The zero-order chi connectivity index (χ0) is 11.1. The Morgan fingerprint density at radius 2 is 2.00 bits per heavy atom. The molecule has 88 valence electrons. The fourth-order valence-electron chi connectivity index (χ4n) is 2.24. The molecule has 0 aliphatic heterocycles. The summed E-state index contributed by atoms with van der Waals surface area (Å²) in [5.74, 6) is 0. The monoisotopic (exact) mass is 212 g/mol. The molecule has 0 heterocycles. The molecule has 15 heavy (non-hydrogen) atoms. The number of allylic oxidation sites excluding steroid dienone is 1. The van der Waals surface area contributed by atoms with Crippen molar-refractivity contribution >= 4 is 0 Å². The molecule has 0 aromatic carbocycles. The van der Waals surface area contributed by atoms with Crippen molar-refractivity contribution in [3.05, 3.63) is 12.2 Å². The quantitative estimate of drug-likeness (QED) is 0.630. The standard InChI is InChI=1S/C13H24O2/c1-4-15-11-13(9-10-14-3)7-5-12(2)6-8-13/h2,4-11H2,1,3H3. The lowest BCUT2D eigenvalue weighted by Gasteiger charge is -2.37.